The molecule has 2 heterocycles. The molecule has 1 aliphatic carbocycles. The van der Waals surface area contributed by atoms with E-state index in [2.05, 4.69) is 15.9 Å². The van der Waals surface area contributed by atoms with Gasteiger partial charge in [-0.1, -0.05) is 65.7 Å². The highest BCUT2D eigenvalue weighted by atomic mass is 79.9. The molecule has 2 aromatic carbocycles. The monoisotopic (exact) mass is 485 g/mol. The van der Waals surface area contributed by atoms with Crippen LogP contribution in [0.1, 0.15) is 36.5 Å². The highest BCUT2D eigenvalue weighted by molar-refractivity contribution is 9.10. The van der Waals surface area contributed by atoms with Crippen LogP contribution in [-0.2, 0) is 25.9 Å². The fourth-order valence-corrected chi connectivity index (χ4v) is 5.35. The number of hydrogen-bond acceptors (Lipinski definition) is 6. The molecule has 160 valence electrons. The van der Waals surface area contributed by atoms with Crippen molar-refractivity contribution in [3.05, 3.63) is 75.3 Å². The molecule has 1 fully saturated rings. The third kappa shape index (κ3) is 2.23. The first-order valence-electron chi connectivity index (χ1n) is 10.0. The number of nitrogens with zero attached hydrogens (tertiary/aromatic N) is 1. The quantitative estimate of drug-likeness (QED) is 0.452. The van der Waals surface area contributed by atoms with Crippen LogP contribution < -0.4 is 0 Å². The molecule has 1 spiro atoms. The average Bonchev–Trinajstić information content (AvgIpc) is 3.22. The van der Waals surface area contributed by atoms with Crippen LogP contribution in [0.5, 0.6) is 0 Å². The van der Waals surface area contributed by atoms with Gasteiger partial charge in [-0.15, -0.1) is 0 Å². The van der Waals surface area contributed by atoms with Gasteiger partial charge < -0.3 is 25.0 Å². The van der Waals surface area contributed by atoms with Crippen LogP contribution in [0.3, 0.4) is 0 Å². The lowest BCUT2D eigenvalue weighted by Gasteiger charge is -2.45. The first kappa shape index (κ1) is 20.4. The number of halogens is 1. The minimum absolute atomic E-state index is 0.00569. The predicted molar refractivity (Wildman–Crippen MR) is 113 cm³/mol. The number of fused-ring (bicyclic) bond motifs is 2. The lowest BCUT2D eigenvalue weighted by Crippen LogP contribution is -2.66. The van der Waals surface area contributed by atoms with Crippen molar-refractivity contribution in [1.82, 2.24) is 4.90 Å². The summed E-state index contributed by atoms with van der Waals surface area (Å²) in [5, 5.41) is 34.9. The standard InChI is InChI=1S/C23H20BrNO6/c1-2-3-12-25-20(27)18(26)17-19(13-8-10-14(24)11-9-13)31-23(30)16-7-5-4-6-15(16)22(28,29)21(17,23)25/h4-11,28-30H,2-3,12H2,1H3/t21-,23+/m0/s1. The number of carbonyl (C=O) groups is 2. The van der Waals surface area contributed by atoms with Crippen LogP contribution in [0.2, 0.25) is 0 Å². The van der Waals surface area contributed by atoms with Gasteiger partial charge in [0.15, 0.2) is 0 Å². The molecule has 3 aliphatic rings. The first-order valence-corrected chi connectivity index (χ1v) is 10.8. The highest BCUT2D eigenvalue weighted by Gasteiger charge is 2.84. The number of unbranched alkanes of at least 4 members (excludes halogenated alkanes) is 1. The van der Waals surface area contributed by atoms with Crippen molar-refractivity contribution in [1.29, 1.82) is 0 Å². The summed E-state index contributed by atoms with van der Waals surface area (Å²) in [6.45, 7) is 1.97. The second-order valence-electron chi connectivity index (χ2n) is 8.02. The van der Waals surface area contributed by atoms with Crippen molar-refractivity contribution in [2.75, 3.05) is 6.54 Å². The van der Waals surface area contributed by atoms with E-state index in [1.54, 1.807) is 36.4 Å². The van der Waals surface area contributed by atoms with Gasteiger partial charge in [0, 0.05) is 27.7 Å². The summed E-state index contributed by atoms with van der Waals surface area (Å²) >= 11 is 3.35. The zero-order chi connectivity index (χ0) is 22.2. The zero-order valence-corrected chi connectivity index (χ0v) is 18.2. The number of Topliss-reactive ketones (excluding diaryl/α,β-unsaturated/α-hetero) is 1. The summed E-state index contributed by atoms with van der Waals surface area (Å²) in [5.41, 5.74) is -1.91. The Morgan fingerprint density at radius 2 is 1.65 bits per heavy atom. The molecule has 0 unspecified atom stereocenters. The van der Waals surface area contributed by atoms with Crippen molar-refractivity contribution < 1.29 is 29.6 Å². The summed E-state index contributed by atoms with van der Waals surface area (Å²) in [7, 11) is 0. The van der Waals surface area contributed by atoms with E-state index in [4.69, 9.17) is 4.74 Å². The number of carbonyl (C=O) groups excluding carboxylic acids is 2. The Morgan fingerprint density at radius 1 is 1.00 bits per heavy atom. The third-order valence-electron chi connectivity index (χ3n) is 6.41. The first-order chi connectivity index (χ1) is 14.7. The molecule has 0 aromatic heterocycles. The van der Waals surface area contributed by atoms with Gasteiger partial charge in [0.2, 0.25) is 11.3 Å². The van der Waals surface area contributed by atoms with E-state index in [0.29, 0.717) is 18.4 Å². The maximum absolute atomic E-state index is 13.3. The second kappa shape index (κ2) is 6.49. The molecule has 2 atom stereocenters. The number of ether oxygens (including phenoxy) is 1. The van der Waals surface area contributed by atoms with E-state index in [0.717, 1.165) is 9.37 Å². The molecule has 2 aliphatic heterocycles. The van der Waals surface area contributed by atoms with Crippen molar-refractivity contribution in [3.63, 3.8) is 0 Å². The van der Waals surface area contributed by atoms with Gasteiger partial charge in [-0.2, -0.15) is 0 Å². The molecule has 8 heteroatoms. The molecule has 31 heavy (non-hydrogen) atoms. The molecule has 0 saturated carbocycles. The summed E-state index contributed by atoms with van der Waals surface area (Å²) in [6, 6.07) is 13.0. The fourth-order valence-electron chi connectivity index (χ4n) is 5.09. The van der Waals surface area contributed by atoms with Gasteiger partial charge in [0.05, 0.1) is 5.57 Å². The number of likely N-dealkylation sites (tertiary alicyclic amines) is 1. The third-order valence-corrected chi connectivity index (χ3v) is 6.94. The Kier molecular flexibility index (Phi) is 4.27. The largest absolute Gasteiger partial charge is 0.454 e. The van der Waals surface area contributed by atoms with Gasteiger partial charge >= 0.3 is 0 Å². The molecule has 3 N–H and O–H groups in total. The Balaban J connectivity index is 1.86. The molecule has 2 aromatic rings. The van der Waals surface area contributed by atoms with Crippen LogP contribution in [0.4, 0.5) is 0 Å². The van der Waals surface area contributed by atoms with Crippen LogP contribution in [0.15, 0.2) is 58.6 Å². The number of hydrogen-bond donors (Lipinski definition) is 3. The SMILES string of the molecule is CCCCN1C(=O)C(=O)C2=C(c3ccc(Br)cc3)O[C@]3(O)c4ccccc4C(O)(O)[C@]213. The number of aliphatic hydroxyl groups is 3. The van der Waals surface area contributed by atoms with Crippen LogP contribution >= 0.6 is 15.9 Å². The molecule has 7 nitrogen and oxygen atoms in total. The molecular weight excluding hydrogens is 466 g/mol. The number of ketones is 1. The predicted octanol–water partition coefficient (Wildman–Crippen LogP) is 2.14. The van der Waals surface area contributed by atoms with Crippen LogP contribution in [0.25, 0.3) is 5.76 Å². The van der Waals surface area contributed by atoms with Gasteiger partial charge in [-0.05, 0) is 18.6 Å². The minimum Gasteiger partial charge on any atom is -0.454 e. The molecule has 1 amide bonds. The number of benzene rings is 2. The Morgan fingerprint density at radius 3 is 2.29 bits per heavy atom. The van der Waals surface area contributed by atoms with Crippen LogP contribution in [-0.4, -0.2) is 44.0 Å². The normalized spacial score (nSPS) is 28.0. The van der Waals surface area contributed by atoms with E-state index in [-0.39, 0.29) is 29.0 Å². The Hall–Kier alpha value is -2.52. The number of rotatable bonds is 4. The Bertz CT molecular complexity index is 1160. The van der Waals surface area contributed by atoms with Gasteiger partial charge in [0.25, 0.3) is 17.5 Å². The summed E-state index contributed by atoms with van der Waals surface area (Å²) in [4.78, 5) is 27.5. The topological polar surface area (TPSA) is 107 Å². The lowest BCUT2D eigenvalue weighted by atomic mass is 9.78. The van der Waals surface area contributed by atoms with Gasteiger partial charge in [0.1, 0.15) is 5.76 Å². The zero-order valence-electron chi connectivity index (χ0n) is 16.6. The van der Waals surface area contributed by atoms with Gasteiger partial charge in [-0.3, -0.25) is 9.59 Å². The molecule has 5 rings (SSSR count). The number of amides is 1. The van der Waals surface area contributed by atoms with E-state index in [1.807, 2.05) is 6.92 Å². The van der Waals surface area contributed by atoms with E-state index >= 15 is 0 Å². The van der Waals surface area contributed by atoms with E-state index in [1.165, 1.54) is 12.1 Å². The lowest BCUT2D eigenvalue weighted by molar-refractivity contribution is -0.312. The summed E-state index contributed by atoms with van der Waals surface area (Å²) < 4.78 is 6.82. The van der Waals surface area contributed by atoms with Crippen LogP contribution in [0, 0.1) is 0 Å². The van der Waals surface area contributed by atoms with E-state index in [9.17, 15) is 24.9 Å². The summed E-state index contributed by atoms with van der Waals surface area (Å²) in [5.74, 6) is -6.93. The second-order valence-corrected chi connectivity index (χ2v) is 8.94. The Labute approximate surface area is 186 Å². The molecule has 0 radical (unpaired) electrons. The summed E-state index contributed by atoms with van der Waals surface area (Å²) in [6.07, 6.45) is 1.20. The van der Waals surface area contributed by atoms with Crippen molar-refractivity contribution in [2.24, 2.45) is 0 Å². The molecule has 1 saturated heterocycles. The van der Waals surface area contributed by atoms with Gasteiger partial charge in [-0.25, -0.2) is 0 Å². The van der Waals surface area contributed by atoms with E-state index < -0.39 is 28.8 Å². The van der Waals surface area contributed by atoms with Crippen molar-refractivity contribution in [3.8, 4) is 0 Å². The molecule has 0 bridgehead atoms. The van der Waals surface area contributed by atoms with Crippen molar-refractivity contribution >= 4 is 33.4 Å². The average molecular weight is 486 g/mol. The van der Waals surface area contributed by atoms with Crippen molar-refractivity contribution in [2.45, 2.75) is 36.9 Å². The maximum atomic E-state index is 13.3. The maximum Gasteiger partial charge on any atom is 0.296 e. The molecular formula is C23H20BrNO6. The minimum atomic E-state index is -2.75. The smallest absolute Gasteiger partial charge is 0.296 e. The fraction of sp³-hybridized carbons (Fsp3) is 0.304. The highest BCUT2D eigenvalue weighted by Crippen LogP contribution is 2.67.